The maximum atomic E-state index is 13.1. The van der Waals surface area contributed by atoms with Crippen LogP contribution in [0.2, 0.25) is 0 Å². The molecule has 0 fully saturated rings. The van der Waals surface area contributed by atoms with E-state index in [4.69, 9.17) is 4.42 Å². The molecule has 3 aromatic rings. The maximum absolute atomic E-state index is 13.1. The van der Waals surface area contributed by atoms with Crippen LogP contribution in [0.15, 0.2) is 82.3 Å². The Morgan fingerprint density at radius 3 is 2.20 bits per heavy atom. The Labute approximate surface area is 175 Å². The number of furan rings is 1. The van der Waals surface area contributed by atoms with E-state index in [1.165, 1.54) is 24.5 Å². The van der Waals surface area contributed by atoms with Crippen LogP contribution in [0, 0.1) is 6.92 Å². The zero-order chi connectivity index (χ0) is 21.6. The van der Waals surface area contributed by atoms with E-state index in [1.807, 2.05) is 37.3 Å². The molecule has 30 heavy (non-hydrogen) atoms. The number of hydrogen-bond donors (Lipinski definition) is 2. The Bertz CT molecular complexity index is 1090. The molecule has 0 aliphatic heterocycles. The number of aryl methyl sites for hydroxylation is 1. The number of amides is 2. The van der Waals surface area contributed by atoms with Crippen molar-refractivity contribution in [3.63, 3.8) is 0 Å². The standard InChI is InChI=1S/C22H22N2O5S/c1-16-9-11-18(12-10-16)30(27,28)20(19-8-5-13-29-19)15-24-22(26)21(25)23-14-17-6-3-2-4-7-17/h2-13,20H,14-15H2,1H3,(H,23,25)(H,24,26)/t20-/m1/s1. The lowest BCUT2D eigenvalue weighted by Crippen LogP contribution is -2.42. The van der Waals surface area contributed by atoms with Gasteiger partial charge in [0.05, 0.1) is 11.2 Å². The molecule has 8 heteroatoms. The molecule has 156 valence electrons. The van der Waals surface area contributed by atoms with E-state index in [-0.39, 0.29) is 23.7 Å². The number of carbonyl (C=O) groups is 2. The van der Waals surface area contributed by atoms with Gasteiger partial charge in [-0.25, -0.2) is 8.42 Å². The van der Waals surface area contributed by atoms with Gasteiger partial charge < -0.3 is 15.1 Å². The summed E-state index contributed by atoms with van der Waals surface area (Å²) in [7, 11) is -3.86. The molecule has 7 nitrogen and oxygen atoms in total. The predicted molar refractivity (Wildman–Crippen MR) is 111 cm³/mol. The van der Waals surface area contributed by atoms with Crippen molar-refractivity contribution < 1.29 is 22.4 Å². The first kappa shape index (κ1) is 21.3. The van der Waals surface area contributed by atoms with Crippen molar-refractivity contribution in [2.45, 2.75) is 23.6 Å². The number of carbonyl (C=O) groups excluding carboxylic acids is 2. The molecule has 0 unspecified atom stereocenters. The normalized spacial score (nSPS) is 12.2. The van der Waals surface area contributed by atoms with E-state index in [1.54, 1.807) is 18.2 Å². The highest BCUT2D eigenvalue weighted by molar-refractivity contribution is 7.91. The second-order valence-electron chi connectivity index (χ2n) is 6.74. The van der Waals surface area contributed by atoms with Crippen molar-refractivity contribution in [1.29, 1.82) is 0 Å². The zero-order valence-corrected chi connectivity index (χ0v) is 17.2. The zero-order valence-electron chi connectivity index (χ0n) is 16.4. The highest BCUT2D eigenvalue weighted by Crippen LogP contribution is 2.29. The van der Waals surface area contributed by atoms with Gasteiger partial charge in [-0.15, -0.1) is 0 Å². The molecule has 0 bridgehead atoms. The lowest BCUT2D eigenvalue weighted by Gasteiger charge is -2.17. The molecule has 1 atom stereocenters. The molecule has 0 spiro atoms. The number of rotatable bonds is 7. The topological polar surface area (TPSA) is 105 Å². The minimum absolute atomic E-state index is 0.109. The summed E-state index contributed by atoms with van der Waals surface area (Å²) in [6.45, 7) is 1.74. The summed E-state index contributed by atoms with van der Waals surface area (Å²) < 4.78 is 31.5. The minimum atomic E-state index is -3.86. The summed E-state index contributed by atoms with van der Waals surface area (Å²) in [6, 6.07) is 18.6. The minimum Gasteiger partial charge on any atom is -0.468 e. The van der Waals surface area contributed by atoms with Gasteiger partial charge in [0.15, 0.2) is 9.84 Å². The van der Waals surface area contributed by atoms with Gasteiger partial charge in [0.1, 0.15) is 11.0 Å². The Morgan fingerprint density at radius 1 is 0.900 bits per heavy atom. The highest BCUT2D eigenvalue weighted by Gasteiger charge is 2.32. The van der Waals surface area contributed by atoms with Gasteiger partial charge in [-0.3, -0.25) is 9.59 Å². The van der Waals surface area contributed by atoms with E-state index < -0.39 is 26.9 Å². The van der Waals surface area contributed by atoms with Crippen LogP contribution in [0.1, 0.15) is 22.1 Å². The average Bonchev–Trinajstić information content (AvgIpc) is 3.27. The molecule has 3 rings (SSSR count). The van der Waals surface area contributed by atoms with Crippen LogP contribution < -0.4 is 10.6 Å². The summed E-state index contributed by atoms with van der Waals surface area (Å²) in [5.74, 6) is -1.58. The van der Waals surface area contributed by atoms with Crippen LogP contribution in [0.4, 0.5) is 0 Å². The summed E-state index contributed by atoms with van der Waals surface area (Å²) >= 11 is 0. The second kappa shape index (κ2) is 9.41. The number of benzene rings is 2. The molecular formula is C22H22N2O5S. The third kappa shape index (κ3) is 5.15. The van der Waals surface area contributed by atoms with Gasteiger partial charge in [-0.05, 0) is 36.8 Å². The van der Waals surface area contributed by atoms with Crippen molar-refractivity contribution >= 4 is 21.7 Å². The first-order chi connectivity index (χ1) is 14.4. The molecule has 0 saturated heterocycles. The quantitative estimate of drug-likeness (QED) is 0.565. The molecule has 2 N–H and O–H groups in total. The van der Waals surface area contributed by atoms with Crippen LogP contribution in [-0.2, 0) is 26.0 Å². The molecule has 0 aliphatic carbocycles. The summed E-state index contributed by atoms with van der Waals surface area (Å²) in [5.41, 5.74) is 1.76. The van der Waals surface area contributed by atoms with Crippen LogP contribution in [0.5, 0.6) is 0 Å². The first-order valence-electron chi connectivity index (χ1n) is 9.32. The van der Waals surface area contributed by atoms with E-state index >= 15 is 0 Å². The van der Waals surface area contributed by atoms with Gasteiger partial charge in [0.25, 0.3) is 0 Å². The average molecular weight is 426 g/mol. The molecule has 1 heterocycles. The number of hydrogen-bond acceptors (Lipinski definition) is 5. The first-order valence-corrected chi connectivity index (χ1v) is 10.9. The van der Waals surface area contributed by atoms with Gasteiger partial charge >= 0.3 is 11.8 Å². The third-order valence-electron chi connectivity index (χ3n) is 4.53. The maximum Gasteiger partial charge on any atom is 0.309 e. The Morgan fingerprint density at radius 2 is 1.57 bits per heavy atom. The molecule has 0 aliphatic rings. The van der Waals surface area contributed by atoms with Crippen molar-refractivity contribution in [2.75, 3.05) is 6.54 Å². The second-order valence-corrected chi connectivity index (χ2v) is 8.87. The van der Waals surface area contributed by atoms with Crippen molar-refractivity contribution in [2.24, 2.45) is 0 Å². The predicted octanol–water partition coefficient (Wildman–Crippen LogP) is 2.54. The molecule has 2 amide bonds. The lowest BCUT2D eigenvalue weighted by atomic mass is 10.2. The van der Waals surface area contributed by atoms with Gasteiger partial charge in [-0.2, -0.15) is 0 Å². The summed E-state index contributed by atoms with van der Waals surface area (Å²) in [6.07, 6.45) is 1.36. The van der Waals surface area contributed by atoms with E-state index in [9.17, 15) is 18.0 Å². The van der Waals surface area contributed by atoms with Crippen LogP contribution in [0.25, 0.3) is 0 Å². The molecular weight excluding hydrogens is 404 g/mol. The number of sulfone groups is 1. The van der Waals surface area contributed by atoms with Gasteiger partial charge in [0.2, 0.25) is 0 Å². The SMILES string of the molecule is Cc1ccc(S(=O)(=O)[C@H](CNC(=O)C(=O)NCc2ccccc2)c2ccco2)cc1. The van der Waals surface area contributed by atoms with Gasteiger partial charge in [0, 0.05) is 13.1 Å². The Hall–Kier alpha value is -3.39. The highest BCUT2D eigenvalue weighted by atomic mass is 32.2. The summed E-state index contributed by atoms with van der Waals surface area (Å²) in [4.78, 5) is 24.4. The monoisotopic (exact) mass is 426 g/mol. The lowest BCUT2D eigenvalue weighted by molar-refractivity contribution is -0.139. The summed E-state index contributed by atoms with van der Waals surface area (Å²) in [5, 5.41) is 3.75. The van der Waals surface area contributed by atoms with Crippen molar-refractivity contribution in [3.05, 3.63) is 89.9 Å². The van der Waals surface area contributed by atoms with Crippen LogP contribution in [0.3, 0.4) is 0 Å². The van der Waals surface area contributed by atoms with E-state index in [2.05, 4.69) is 10.6 Å². The fourth-order valence-corrected chi connectivity index (χ4v) is 4.44. The van der Waals surface area contributed by atoms with Gasteiger partial charge in [-0.1, -0.05) is 48.0 Å². The van der Waals surface area contributed by atoms with Crippen molar-refractivity contribution in [1.82, 2.24) is 10.6 Å². The van der Waals surface area contributed by atoms with E-state index in [0.717, 1.165) is 11.1 Å². The Kier molecular flexibility index (Phi) is 6.68. The fraction of sp³-hybridized carbons (Fsp3) is 0.182. The molecule has 0 saturated carbocycles. The fourth-order valence-electron chi connectivity index (χ4n) is 2.85. The van der Waals surface area contributed by atoms with Crippen LogP contribution >= 0.6 is 0 Å². The van der Waals surface area contributed by atoms with E-state index in [0.29, 0.717) is 0 Å². The van der Waals surface area contributed by atoms with Crippen LogP contribution in [-0.4, -0.2) is 26.8 Å². The van der Waals surface area contributed by atoms with Crippen molar-refractivity contribution in [3.8, 4) is 0 Å². The third-order valence-corrected chi connectivity index (χ3v) is 6.61. The number of nitrogens with one attached hydrogen (secondary N) is 2. The largest absolute Gasteiger partial charge is 0.468 e. The smallest absolute Gasteiger partial charge is 0.309 e. The molecule has 2 aromatic carbocycles. The molecule has 1 aromatic heterocycles. The Balaban J connectivity index is 1.69. The molecule has 0 radical (unpaired) electrons.